The summed E-state index contributed by atoms with van der Waals surface area (Å²) in [5.74, 6) is 0. The minimum Gasteiger partial charge on any atom is -1.00 e. The summed E-state index contributed by atoms with van der Waals surface area (Å²) in [6, 6.07) is 8.12. The zero-order chi connectivity index (χ0) is 9.10. The molecule has 0 bridgehead atoms. The predicted molar refractivity (Wildman–Crippen MR) is 50.8 cm³/mol. The molecule has 14 heavy (non-hydrogen) atoms. The standard InChI is InChI=1S/C11H11N2.HI/c1-13-7-3-5-11(9-13)10-4-2-6-12-8-10;/h2-9H,1H3;1H/q+1;/p-1. The molecule has 2 aromatic rings. The average Bonchev–Trinajstić information content (AvgIpc) is 2.19. The van der Waals surface area contributed by atoms with Crippen molar-refractivity contribution >= 4 is 0 Å². The number of aromatic nitrogens is 2. The quantitative estimate of drug-likeness (QED) is 0.466. The summed E-state index contributed by atoms with van der Waals surface area (Å²) < 4.78 is 2.03. The molecule has 0 spiro atoms. The van der Waals surface area contributed by atoms with Crippen molar-refractivity contribution in [1.29, 1.82) is 0 Å². The van der Waals surface area contributed by atoms with Crippen LogP contribution in [-0.2, 0) is 7.05 Å². The monoisotopic (exact) mass is 298 g/mol. The lowest BCUT2D eigenvalue weighted by Gasteiger charge is -1.97. The van der Waals surface area contributed by atoms with Crippen LogP contribution in [0.1, 0.15) is 0 Å². The highest BCUT2D eigenvalue weighted by Gasteiger charge is 1.99. The second kappa shape index (κ2) is 5.05. The summed E-state index contributed by atoms with van der Waals surface area (Å²) >= 11 is 0. The van der Waals surface area contributed by atoms with Gasteiger partial charge in [0.25, 0.3) is 0 Å². The number of halogens is 1. The third kappa shape index (κ3) is 2.51. The maximum absolute atomic E-state index is 4.08. The van der Waals surface area contributed by atoms with Crippen LogP contribution in [0.5, 0.6) is 0 Å². The number of hydrogen-bond donors (Lipinski definition) is 0. The number of pyridine rings is 2. The van der Waals surface area contributed by atoms with E-state index in [-0.39, 0.29) is 24.0 Å². The van der Waals surface area contributed by atoms with Gasteiger partial charge >= 0.3 is 0 Å². The Balaban J connectivity index is 0.000000980. The number of rotatable bonds is 1. The van der Waals surface area contributed by atoms with E-state index in [4.69, 9.17) is 0 Å². The van der Waals surface area contributed by atoms with Crippen LogP contribution >= 0.6 is 0 Å². The van der Waals surface area contributed by atoms with Gasteiger partial charge in [-0.15, -0.1) is 0 Å². The Kier molecular flexibility index (Phi) is 4.00. The van der Waals surface area contributed by atoms with Gasteiger partial charge in [0.05, 0.1) is 0 Å². The smallest absolute Gasteiger partial charge is 0.176 e. The summed E-state index contributed by atoms with van der Waals surface area (Å²) in [5, 5.41) is 0. The lowest BCUT2D eigenvalue weighted by atomic mass is 10.1. The molecule has 0 saturated heterocycles. The normalized spacial score (nSPS) is 9.21. The van der Waals surface area contributed by atoms with E-state index in [2.05, 4.69) is 23.3 Å². The molecule has 0 radical (unpaired) electrons. The van der Waals surface area contributed by atoms with E-state index in [0.29, 0.717) is 0 Å². The van der Waals surface area contributed by atoms with E-state index in [0.717, 1.165) is 5.56 Å². The molecule has 2 rings (SSSR count). The van der Waals surface area contributed by atoms with E-state index >= 15 is 0 Å². The first-order chi connectivity index (χ1) is 6.36. The van der Waals surface area contributed by atoms with E-state index in [1.807, 2.05) is 36.1 Å². The first kappa shape index (κ1) is 11.1. The summed E-state index contributed by atoms with van der Waals surface area (Å²) in [7, 11) is 2.01. The molecule has 0 unspecified atom stereocenters. The van der Waals surface area contributed by atoms with E-state index in [9.17, 15) is 0 Å². The van der Waals surface area contributed by atoms with Crippen molar-refractivity contribution < 1.29 is 28.5 Å². The van der Waals surface area contributed by atoms with Crippen LogP contribution in [-0.4, -0.2) is 4.98 Å². The van der Waals surface area contributed by atoms with Crippen molar-refractivity contribution in [3.63, 3.8) is 0 Å². The van der Waals surface area contributed by atoms with Crippen LogP contribution < -0.4 is 28.5 Å². The fourth-order valence-corrected chi connectivity index (χ4v) is 1.29. The Labute approximate surface area is 101 Å². The molecule has 2 heterocycles. The predicted octanol–water partition coefficient (Wildman–Crippen LogP) is -1.42. The van der Waals surface area contributed by atoms with Gasteiger partial charge in [-0.2, -0.15) is 0 Å². The van der Waals surface area contributed by atoms with Crippen molar-refractivity contribution in [3.05, 3.63) is 49.1 Å². The van der Waals surface area contributed by atoms with Gasteiger partial charge in [-0.3, -0.25) is 4.98 Å². The molecule has 0 aromatic carbocycles. The molecule has 0 saturated carbocycles. The minimum atomic E-state index is 0. The Morgan fingerprint density at radius 2 is 1.93 bits per heavy atom. The maximum atomic E-state index is 4.08. The third-order valence-electron chi connectivity index (χ3n) is 1.93. The largest absolute Gasteiger partial charge is 1.00 e. The molecule has 0 aliphatic carbocycles. The van der Waals surface area contributed by atoms with Crippen molar-refractivity contribution in [3.8, 4) is 11.1 Å². The van der Waals surface area contributed by atoms with Crippen LogP contribution in [0, 0.1) is 0 Å². The Bertz CT molecular complexity index is 401. The molecule has 0 aliphatic heterocycles. The summed E-state index contributed by atoms with van der Waals surface area (Å²) in [5.41, 5.74) is 2.34. The number of aryl methyl sites for hydroxylation is 1. The molecule has 3 heteroatoms. The number of hydrogen-bond acceptors (Lipinski definition) is 1. The Morgan fingerprint density at radius 1 is 1.14 bits per heavy atom. The van der Waals surface area contributed by atoms with Crippen molar-refractivity contribution in [2.45, 2.75) is 0 Å². The number of nitrogens with zero attached hydrogens (tertiary/aromatic N) is 2. The molecular formula is C11H11IN2. The van der Waals surface area contributed by atoms with Gasteiger partial charge < -0.3 is 24.0 Å². The Morgan fingerprint density at radius 3 is 2.57 bits per heavy atom. The van der Waals surface area contributed by atoms with E-state index in [1.165, 1.54) is 5.56 Å². The molecule has 0 aliphatic rings. The summed E-state index contributed by atoms with van der Waals surface area (Å²) in [6.07, 6.45) is 7.75. The van der Waals surface area contributed by atoms with E-state index in [1.54, 1.807) is 6.20 Å². The van der Waals surface area contributed by atoms with Crippen LogP contribution in [0.2, 0.25) is 0 Å². The molecule has 0 amide bonds. The van der Waals surface area contributed by atoms with E-state index < -0.39 is 0 Å². The zero-order valence-electron chi connectivity index (χ0n) is 7.89. The Hall–Kier alpha value is -0.970. The highest BCUT2D eigenvalue weighted by molar-refractivity contribution is 5.59. The van der Waals surface area contributed by atoms with Crippen LogP contribution in [0.25, 0.3) is 11.1 Å². The third-order valence-corrected chi connectivity index (χ3v) is 1.93. The first-order valence-electron chi connectivity index (χ1n) is 4.22. The zero-order valence-corrected chi connectivity index (χ0v) is 10.0. The van der Waals surface area contributed by atoms with Gasteiger partial charge in [0.1, 0.15) is 7.05 Å². The summed E-state index contributed by atoms with van der Waals surface area (Å²) in [6.45, 7) is 0. The van der Waals surface area contributed by atoms with Gasteiger partial charge in [0, 0.05) is 29.6 Å². The van der Waals surface area contributed by atoms with Crippen molar-refractivity contribution in [2.24, 2.45) is 7.05 Å². The lowest BCUT2D eigenvalue weighted by Crippen LogP contribution is -3.00. The molecular weight excluding hydrogens is 287 g/mol. The van der Waals surface area contributed by atoms with Crippen LogP contribution in [0.15, 0.2) is 49.1 Å². The molecule has 2 nitrogen and oxygen atoms in total. The first-order valence-corrected chi connectivity index (χ1v) is 4.22. The van der Waals surface area contributed by atoms with Crippen LogP contribution in [0.3, 0.4) is 0 Å². The molecule has 72 valence electrons. The van der Waals surface area contributed by atoms with Gasteiger partial charge in [-0.05, 0) is 12.1 Å². The van der Waals surface area contributed by atoms with Crippen molar-refractivity contribution in [2.75, 3.05) is 0 Å². The van der Waals surface area contributed by atoms with Gasteiger partial charge in [-0.25, -0.2) is 4.57 Å². The second-order valence-electron chi connectivity index (χ2n) is 3.00. The van der Waals surface area contributed by atoms with Gasteiger partial charge in [0.2, 0.25) is 0 Å². The topological polar surface area (TPSA) is 16.8 Å². The SMILES string of the molecule is C[n+]1cccc(-c2cccnc2)c1.[I-]. The maximum Gasteiger partial charge on any atom is 0.176 e. The average molecular weight is 298 g/mol. The summed E-state index contributed by atoms with van der Waals surface area (Å²) in [4.78, 5) is 4.08. The molecule has 0 fully saturated rings. The van der Waals surface area contributed by atoms with Gasteiger partial charge in [0.15, 0.2) is 12.4 Å². The lowest BCUT2D eigenvalue weighted by molar-refractivity contribution is -0.671. The second-order valence-corrected chi connectivity index (χ2v) is 3.00. The fraction of sp³-hybridized carbons (Fsp3) is 0.0909. The highest BCUT2D eigenvalue weighted by atomic mass is 127. The highest BCUT2D eigenvalue weighted by Crippen LogP contribution is 2.14. The fourth-order valence-electron chi connectivity index (χ4n) is 1.29. The molecule has 2 aromatic heterocycles. The van der Waals surface area contributed by atoms with Gasteiger partial charge in [-0.1, -0.05) is 6.07 Å². The molecule has 0 atom stereocenters. The van der Waals surface area contributed by atoms with Crippen LogP contribution in [0.4, 0.5) is 0 Å². The molecule has 0 N–H and O–H groups in total. The minimum absolute atomic E-state index is 0. The van der Waals surface area contributed by atoms with Crippen molar-refractivity contribution in [1.82, 2.24) is 4.98 Å².